The van der Waals surface area contributed by atoms with Gasteiger partial charge in [0.25, 0.3) is 0 Å². The molecular weight excluding hydrogens is 380 g/mol. The molecule has 0 unspecified atom stereocenters. The summed E-state index contributed by atoms with van der Waals surface area (Å²) < 4.78 is 17.1. The van der Waals surface area contributed by atoms with Gasteiger partial charge in [-0.25, -0.2) is 0 Å². The lowest BCUT2D eigenvalue weighted by atomic mass is 9.77. The van der Waals surface area contributed by atoms with Gasteiger partial charge in [-0.3, -0.25) is 4.79 Å². The van der Waals surface area contributed by atoms with E-state index in [0.717, 1.165) is 17.5 Å². The minimum absolute atomic E-state index is 0.00938. The Morgan fingerprint density at radius 2 is 1.97 bits per heavy atom. The van der Waals surface area contributed by atoms with Crippen molar-refractivity contribution in [2.45, 2.75) is 31.8 Å². The summed E-state index contributed by atoms with van der Waals surface area (Å²) in [5, 5.41) is 9.70. The zero-order valence-corrected chi connectivity index (χ0v) is 16.7. The highest BCUT2D eigenvalue weighted by Crippen LogP contribution is 2.45. The molecule has 0 bridgehead atoms. The molecule has 0 radical (unpaired) electrons. The summed E-state index contributed by atoms with van der Waals surface area (Å²) in [7, 11) is 1.56. The van der Waals surface area contributed by atoms with Crippen LogP contribution in [0.5, 0.6) is 11.5 Å². The van der Waals surface area contributed by atoms with E-state index in [1.807, 2.05) is 36.4 Å². The first kappa shape index (κ1) is 19.6. The third-order valence-corrected chi connectivity index (χ3v) is 5.36. The number of hydrogen-bond acceptors (Lipinski definition) is 6. The van der Waals surface area contributed by atoms with Gasteiger partial charge in [0.2, 0.25) is 5.88 Å². The number of methoxy groups -OCH3 is 1. The smallest absolute Gasteiger partial charge is 0.205 e. The van der Waals surface area contributed by atoms with Gasteiger partial charge < -0.3 is 19.9 Å². The van der Waals surface area contributed by atoms with Gasteiger partial charge in [-0.2, -0.15) is 5.26 Å². The Labute approximate surface area is 175 Å². The lowest BCUT2D eigenvalue weighted by Gasteiger charge is -2.31. The fraction of sp³-hybridized carbons (Fsp3) is 0.250. The first-order chi connectivity index (χ1) is 14.6. The number of allylic oxidation sites excluding steroid dienone is 3. The van der Waals surface area contributed by atoms with Crippen LogP contribution in [0.15, 0.2) is 71.3 Å². The van der Waals surface area contributed by atoms with E-state index in [1.54, 1.807) is 19.2 Å². The fourth-order valence-electron chi connectivity index (χ4n) is 3.91. The normalized spacial score (nSPS) is 18.4. The van der Waals surface area contributed by atoms with E-state index >= 15 is 0 Å². The molecule has 1 atom stereocenters. The minimum Gasteiger partial charge on any atom is -0.493 e. The van der Waals surface area contributed by atoms with Crippen LogP contribution in [0.3, 0.4) is 0 Å². The highest BCUT2D eigenvalue weighted by atomic mass is 16.5. The van der Waals surface area contributed by atoms with Crippen LogP contribution in [0.4, 0.5) is 0 Å². The summed E-state index contributed by atoms with van der Waals surface area (Å²) in [6.07, 6.45) is 1.79. The van der Waals surface area contributed by atoms with Crippen molar-refractivity contribution < 1.29 is 19.0 Å². The van der Waals surface area contributed by atoms with E-state index in [-0.39, 0.29) is 17.2 Å². The van der Waals surface area contributed by atoms with Gasteiger partial charge in [0.1, 0.15) is 24.0 Å². The highest BCUT2D eigenvalue weighted by molar-refractivity contribution is 5.99. The predicted octanol–water partition coefficient (Wildman–Crippen LogP) is 4.09. The molecule has 2 aliphatic rings. The number of nitriles is 1. The van der Waals surface area contributed by atoms with Crippen LogP contribution in [0, 0.1) is 11.3 Å². The van der Waals surface area contributed by atoms with Crippen molar-refractivity contribution >= 4 is 5.78 Å². The van der Waals surface area contributed by atoms with Gasteiger partial charge in [-0.05, 0) is 29.7 Å². The van der Waals surface area contributed by atoms with Crippen molar-refractivity contribution in [3.05, 3.63) is 82.4 Å². The van der Waals surface area contributed by atoms with E-state index in [9.17, 15) is 10.1 Å². The summed E-state index contributed by atoms with van der Waals surface area (Å²) in [4.78, 5) is 12.7. The number of hydrogen-bond donors (Lipinski definition) is 1. The Balaban J connectivity index is 1.69. The molecule has 1 heterocycles. The van der Waals surface area contributed by atoms with Crippen molar-refractivity contribution in [3.63, 3.8) is 0 Å². The average molecular weight is 402 g/mol. The Morgan fingerprint density at radius 3 is 2.70 bits per heavy atom. The molecule has 1 aliphatic carbocycles. The second-order valence-electron chi connectivity index (χ2n) is 7.22. The third kappa shape index (κ3) is 3.62. The van der Waals surface area contributed by atoms with Crippen molar-refractivity contribution in [1.82, 2.24) is 0 Å². The van der Waals surface area contributed by atoms with E-state index in [0.29, 0.717) is 42.3 Å². The zero-order chi connectivity index (χ0) is 21.1. The molecule has 152 valence electrons. The maximum absolute atomic E-state index is 12.7. The summed E-state index contributed by atoms with van der Waals surface area (Å²) in [5.41, 5.74) is 8.56. The number of benzene rings is 2. The molecule has 2 aromatic rings. The molecule has 30 heavy (non-hydrogen) atoms. The fourth-order valence-corrected chi connectivity index (χ4v) is 3.91. The first-order valence-corrected chi connectivity index (χ1v) is 9.81. The number of ketones is 1. The van der Waals surface area contributed by atoms with Gasteiger partial charge in [0.15, 0.2) is 17.3 Å². The minimum atomic E-state index is -0.566. The van der Waals surface area contributed by atoms with Crippen molar-refractivity contribution in [2.24, 2.45) is 5.73 Å². The average Bonchev–Trinajstić information content (AvgIpc) is 2.77. The maximum atomic E-state index is 12.7. The third-order valence-electron chi connectivity index (χ3n) is 5.36. The zero-order valence-electron chi connectivity index (χ0n) is 16.7. The van der Waals surface area contributed by atoms with Gasteiger partial charge >= 0.3 is 0 Å². The van der Waals surface area contributed by atoms with Crippen LogP contribution in [0.1, 0.15) is 36.3 Å². The molecule has 0 amide bonds. The second kappa shape index (κ2) is 8.34. The number of ether oxygens (including phenoxy) is 3. The molecule has 2 aromatic carbocycles. The number of carbonyl (C=O) groups excluding carboxylic acids is 1. The molecule has 6 nitrogen and oxygen atoms in total. The number of nitrogens with two attached hydrogens (primary N) is 1. The van der Waals surface area contributed by atoms with Crippen molar-refractivity contribution in [2.75, 3.05) is 7.11 Å². The molecule has 6 heteroatoms. The van der Waals surface area contributed by atoms with E-state index in [2.05, 4.69) is 6.07 Å². The summed E-state index contributed by atoms with van der Waals surface area (Å²) in [6.45, 7) is 0.401. The quantitative estimate of drug-likeness (QED) is 0.809. The van der Waals surface area contributed by atoms with Crippen LogP contribution in [-0.2, 0) is 16.1 Å². The Hall–Kier alpha value is -3.72. The Bertz CT molecular complexity index is 1080. The number of carbonyl (C=O) groups is 1. The predicted molar refractivity (Wildman–Crippen MR) is 110 cm³/mol. The number of Topliss-reactive ketones (excluding diaryl/α,β-unsaturated/α-hetero) is 1. The number of rotatable bonds is 5. The number of nitrogens with zero attached hydrogens (tertiary/aromatic N) is 1. The van der Waals surface area contributed by atoms with Crippen molar-refractivity contribution in [3.8, 4) is 17.6 Å². The van der Waals surface area contributed by atoms with Crippen LogP contribution in [-0.4, -0.2) is 12.9 Å². The van der Waals surface area contributed by atoms with Crippen LogP contribution in [0.2, 0.25) is 0 Å². The first-order valence-electron chi connectivity index (χ1n) is 9.81. The molecule has 0 fully saturated rings. The molecule has 4 rings (SSSR count). The summed E-state index contributed by atoms with van der Waals surface area (Å²) in [5.74, 6) is 1.15. The van der Waals surface area contributed by atoms with Crippen LogP contribution >= 0.6 is 0 Å². The Kier molecular flexibility index (Phi) is 5.44. The monoisotopic (exact) mass is 402 g/mol. The summed E-state index contributed by atoms with van der Waals surface area (Å²) in [6, 6.07) is 17.4. The lowest BCUT2D eigenvalue weighted by molar-refractivity contribution is -0.116. The van der Waals surface area contributed by atoms with E-state index in [1.165, 1.54) is 0 Å². The second-order valence-corrected chi connectivity index (χ2v) is 7.22. The highest BCUT2D eigenvalue weighted by Gasteiger charge is 2.38. The van der Waals surface area contributed by atoms with Crippen molar-refractivity contribution in [1.29, 1.82) is 5.26 Å². The van der Waals surface area contributed by atoms with Gasteiger partial charge in [0, 0.05) is 18.4 Å². The summed E-state index contributed by atoms with van der Waals surface area (Å²) >= 11 is 0. The van der Waals surface area contributed by atoms with E-state index in [4.69, 9.17) is 19.9 Å². The molecule has 1 aliphatic heterocycles. The van der Waals surface area contributed by atoms with Crippen LogP contribution < -0.4 is 15.2 Å². The van der Waals surface area contributed by atoms with E-state index < -0.39 is 5.92 Å². The standard InChI is InChI=1S/C24H22N2O4/c1-28-21-12-16(10-11-19(21)29-14-15-6-3-2-4-7-15)22-17(13-25)24(26)30-20-9-5-8-18(27)23(20)22/h2-4,6-7,10-12,22H,5,8-9,14,26H2,1H3/t22-/m1/s1. The molecule has 0 spiro atoms. The molecule has 0 saturated heterocycles. The lowest BCUT2D eigenvalue weighted by Crippen LogP contribution is -2.27. The Morgan fingerprint density at radius 1 is 1.17 bits per heavy atom. The van der Waals surface area contributed by atoms with Gasteiger partial charge in [0.05, 0.1) is 13.0 Å². The SMILES string of the molecule is COc1cc([C@@H]2C(C#N)=C(N)OC3=C2C(=O)CCC3)ccc1OCc1ccccc1. The van der Waals surface area contributed by atoms with Crippen LogP contribution in [0.25, 0.3) is 0 Å². The molecule has 2 N–H and O–H groups in total. The maximum Gasteiger partial charge on any atom is 0.205 e. The molecular formula is C24H22N2O4. The largest absolute Gasteiger partial charge is 0.493 e. The topological polar surface area (TPSA) is 94.6 Å². The van der Waals surface area contributed by atoms with Gasteiger partial charge in [-0.15, -0.1) is 0 Å². The molecule has 0 saturated carbocycles. The van der Waals surface area contributed by atoms with Gasteiger partial charge in [-0.1, -0.05) is 36.4 Å². The molecule has 0 aromatic heterocycles.